The second-order valence-corrected chi connectivity index (χ2v) is 6.40. The topological polar surface area (TPSA) is 32.3 Å². The first-order chi connectivity index (χ1) is 11.2. The highest BCUT2D eigenvalue weighted by molar-refractivity contribution is 7.98. The molecule has 0 spiro atoms. The average Bonchev–Trinajstić information content (AvgIpc) is 2.60. The van der Waals surface area contributed by atoms with Gasteiger partial charge in [-0.3, -0.25) is 0 Å². The molecule has 0 aromatic heterocycles. The Bertz CT molecular complexity index is 599. The van der Waals surface area contributed by atoms with Gasteiger partial charge in [-0.05, 0) is 42.4 Å². The number of hydrogen-bond donors (Lipinski definition) is 1. The summed E-state index contributed by atoms with van der Waals surface area (Å²) < 4.78 is 0. The van der Waals surface area contributed by atoms with E-state index in [1.165, 1.54) is 10.5 Å². The van der Waals surface area contributed by atoms with Crippen LogP contribution < -0.4 is 5.32 Å². The van der Waals surface area contributed by atoms with E-state index in [-0.39, 0.29) is 6.03 Å². The lowest BCUT2D eigenvalue weighted by molar-refractivity contribution is 0.207. The molecule has 2 aromatic carbocycles. The minimum atomic E-state index is -0.0213. The molecule has 122 valence electrons. The van der Waals surface area contributed by atoms with Gasteiger partial charge in [0, 0.05) is 25.0 Å². The van der Waals surface area contributed by atoms with Crippen LogP contribution in [0.1, 0.15) is 17.5 Å². The molecule has 0 unspecified atom stereocenters. The maximum Gasteiger partial charge on any atom is 0.317 e. The number of thioether (sulfide) groups is 1. The highest BCUT2D eigenvalue weighted by Gasteiger charge is 2.08. The molecular formula is C19H24N2OS. The molecule has 2 amide bonds. The van der Waals surface area contributed by atoms with Crippen molar-refractivity contribution in [1.29, 1.82) is 0 Å². The zero-order chi connectivity index (χ0) is 16.5. The van der Waals surface area contributed by atoms with Crippen LogP contribution in [-0.2, 0) is 13.0 Å². The van der Waals surface area contributed by atoms with Crippen molar-refractivity contribution in [2.75, 3.05) is 19.8 Å². The van der Waals surface area contributed by atoms with Gasteiger partial charge in [0.1, 0.15) is 0 Å². The Hall–Kier alpha value is -1.94. The molecule has 0 aliphatic heterocycles. The first-order valence-electron chi connectivity index (χ1n) is 7.85. The van der Waals surface area contributed by atoms with Gasteiger partial charge in [0.25, 0.3) is 0 Å². The summed E-state index contributed by atoms with van der Waals surface area (Å²) in [5.41, 5.74) is 2.45. The number of nitrogens with zero attached hydrogens (tertiary/aromatic N) is 1. The summed E-state index contributed by atoms with van der Waals surface area (Å²) in [7, 11) is 1.83. The maximum absolute atomic E-state index is 12.1. The van der Waals surface area contributed by atoms with E-state index in [9.17, 15) is 4.79 Å². The van der Waals surface area contributed by atoms with Gasteiger partial charge in [0.15, 0.2) is 0 Å². The van der Waals surface area contributed by atoms with E-state index in [0.29, 0.717) is 13.1 Å². The van der Waals surface area contributed by atoms with Crippen LogP contribution in [0.3, 0.4) is 0 Å². The van der Waals surface area contributed by atoms with Crippen molar-refractivity contribution in [3.05, 3.63) is 65.7 Å². The van der Waals surface area contributed by atoms with Crippen molar-refractivity contribution in [2.24, 2.45) is 0 Å². The SMILES string of the molecule is CSc1ccc(CN(C)C(=O)NCCCc2ccccc2)cc1. The standard InChI is InChI=1S/C19H24N2OS/c1-21(15-17-10-12-18(23-2)13-11-17)19(22)20-14-6-9-16-7-4-3-5-8-16/h3-5,7-8,10-13H,6,9,14-15H2,1-2H3,(H,20,22). The molecule has 1 N–H and O–H groups in total. The zero-order valence-corrected chi connectivity index (χ0v) is 14.6. The highest BCUT2D eigenvalue weighted by atomic mass is 32.2. The van der Waals surface area contributed by atoms with Gasteiger partial charge in [0.05, 0.1) is 0 Å². The molecular weight excluding hydrogens is 304 g/mol. The number of aryl methyl sites for hydroxylation is 1. The van der Waals surface area contributed by atoms with Crippen molar-refractivity contribution in [3.63, 3.8) is 0 Å². The summed E-state index contributed by atoms with van der Waals surface area (Å²) in [6.45, 7) is 1.32. The molecule has 0 bridgehead atoms. The molecule has 3 nitrogen and oxygen atoms in total. The van der Waals surface area contributed by atoms with Crippen LogP contribution in [0.5, 0.6) is 0 Å². The molecule has 0 fully saturated rings. The predicted octanol–water partition coefficient (Wildman–Crippen LogP) is 4.18. The quantitative estimate of drug-likeness (QED) is 0.611. The molecule has 23 heavy (non-hydrogen) atoms. The van der Waals surface area contributed by atoms with Gasteiger partial charge in [-0.1, -0.05) is 42.5 Å². The third-order valence-corrected chi connectivity index (χ3v) is 4.43. The predicted molar refractivity (Wildman–Crippen MR) is 97.9 cm³/mol. The third-order valence-electron chi connectivity index (χ3n) is 3.69. The number of benzene rings is 2. The van der Waals surface area contributed by atoms with Gasteiger partial charge in [0.2, 0.25) is 0 Å². The maximum atomic E-state index is 12.1. The van der Waals surface area contributed by atoms with Crippen molar-refractivity contribution in [1.82, 2.24) is 10.2 Å². The summed E-state index contributed by atoms with van der Waals surface area (Å²) in [6.07, 6.45) is 4.00. The third kappa shape index (κ3) is 5.99. The van der Waals surface area contributed by atoms with Crippen molar-refractivity contribution in [2.45, 2.75) is 24.3 Å². The Labute approximate surface area is 143 Å². The number of amides is 2. The van der Waals surface area contributed by atoms with E-state index < -0.39 is 0 Å². The first kappa shape index (κ1) is 17.4. The summed E-state index contributed by atoms with van der Waals surface area (Å²) in [6, 6.07) is 18.7. The highest BCUT2D eigenvalue weighted by Crippen LogP contribution is 2.15. The van der Waals surface area contributed by atoms with Crippen LogP contribution in [0.2, 0.25) is 0 Å². The van der Waals surface area contributed by atoms with E-state index in [1.54, 1.807) is 16.7 Å². The molecule has 0 aliphatic carbocycles. The van der Waals surface area contributed by atoms with E-state index in [2.05, 4.69) is 48.0 Å². The Kier molecular flexibility index (Phi) is 7.01. The molecule has 0 radical (unpaired) electrons. The van der Waals surface area contributed by atoms with Crippen molar-refractivity contribution in [3.8, 4) is 0 Å². The van der Waals surface area contributed by atoms with Crippen LogP contribution in [0, 0.1) is 0 Å². The van der Waals surface area contributed by atoms with E-state index in [0.717, 1.165) is 18.4 Å². The molecule has 2 rings (SSSR count). The Morgan fingerprint density at radius 1 is 1.04 bits per heavy atom. The fourth-order valence-corrected chi connectivity index (χ4v) is 2.75. The second kappa shape index (κ2) is 9.26. The molecule has 0 saturated heterocycles. The summed E-state index contributed by atoms with van der Waals surface area (Å²) in [5, 5.41) is 2.98. The van der Waals surface area contributed by atoms with Crippen LogP contribution in [0.25, 0.3) is 0 Å². The Morgan fingerprint density at radius 3 is 2.39 bits per heavy atom. The van der Waals surface area contributed by atoms with Crippen LogP contribution in [0.4, 0.5) is 4.79 Å². The number of rotatable bonds is 7. The number of carbonyl (C=O) groups is 1. The minimum absolute atomic E-state index is 0.0213. The monoisotopic (exact) mass is 328 g/mol. The fraction of sp³-hybridized carbons (Fsp3) is 0.316. The molecule has 4 heteroatoms. The smallest absolute Gasteiger partial charge is 0.317 e. The zero-order valence-electron chi connectivity index (χ0n) is 13.8. The molecule has 2 aromatic rings. The van der Waals surface area contributed by atoms with Crippen LogP contribution in [-0.4, -0.2) is 30.8 Å². The van der Waals surface area contributed by atoms with Crippen molar-refractivity contribution >= 4 is 17.8 Å². The van der Waals surface area contributed by atoms with Crippen molar-refractivity contribution < 1.29 is 4.79 Å². The molecule has 0 atom stereocenters. The van der Waals surface area contributed by atoms with E-state index >= 15 is 0 Å². The largest absolute Gasteiger partial charge is 0.338 e. The van der Waals surface area contributed by atoms with E-state index in [1.807, 2.05) is 25.2 Å². The number of carbonyl (C=O) groups excluding carboxylic acids is 1. The second-order valence-electron chi connectivity index (χ2n) is 5.53. The molecule has 0 saturated carbocycles. The summed E-state index contributed by atoms with van der Waals surface area (Å²) >= 11 is 1.72. The lowest BCUT2D eigenvalue weighted by Gasteiger charge is -2.18. The number of hydrogen-bond acceptors (Lipinski definition) is 2. The van der Waals surface area contributed by atoms with E-state index in [4.69, 9.17) is 0 Å². The molecule has 0 aliphatic rings. The number of nitrogens with one attached hydrogen (secondary N) is 1. The van der Waals surface area contributed by atoms with Gasteiger partial charge >= 0.3 is 6.03 Å². The summed E-state index contributed by atoms with van der Waals surface area (Å²) in [4.78, 5) is 15.0. The number of urea groups is 1. The van der Waals surface area contributed by atoms with Gasteiger partial charge < -0.3 is 10.2 Å². The minimum Gasteiger partial charge on any atom is -0.338 e. The van der Waals surface area contributed by atoms with Gasteiger partial charge in [-0.25, -0.2) is 4.79 Å². The molecule has 0 heterocycles. The first-order valence-corrected chi connectivity index (χ1v) is 9.07. The average molecular weight is 328 g/mol. The van der Waals surface area contributed by atoms with Crippen LogP contribution in [0.15, 0.2) is 59.5 Å². The fourth-order valence-electron chi connectivity index (χ4n) is 2.34. The Balaban J connectivity index is 1.69. The lowest BCUT2D eigenvalue weighted by Crippen LogP contribution is -2.37. The van der Waals surface area contributed by atoms with Crippen LogP contribution >= 0.6 is 11.8 Å². The van der Waals surface area contributed by atoms with Gasteiger partial charge in [-0.2, -0.15) is 0 Å². The van der Waals surface area contributed by atoms with Gasteiger partial charge in [-0.15, -0.1) is 11.8 Å². The normalized spacial score (nSPS) is 10.3. The Morgan fingerprint density at radius 2 is 1.74 bits per heavy atom. The lowest BCUT2D eigenvalue weighted by atomic mass is 10.1. The summed E-state index contributed by atoms with van der Waals surface area (Å²) in [5.74, 6) is 0.